The van der Waals surface area contributed by atoms with Gasteiger partial charge in [-0.2, -0.15) is 0 Å². The maximum absolute atomic E-state index is 3.70. The maximum Gasteiger partial charge on any atom is 0.00967 e. The fourth-order valence-electron chi connectivity index (χ4n) is 2.66. The van der Waals surface area contributed by atoms with Crippen LogP contribution in [0.2, 0.25) is 0 Å². The summed E-state index contributed by atoms with van der Waals surface area (Å²) in [6, 6.07) is 0. The van der Waals surface area contributed by atoms with Gasteiger partial charge in [-0.1, -0.05) is 33.1 Å². The third kappa shape index (κ3) is 3.48. The van der Waals surface area contributed by atoms with Crippen molar-refractivity contribution in [2.24, 2.45) is 11.3 Å². The van der Waals surface area contributed by atoms with Gasteiger partial charge in [0, 0.05) is 12.1 Å². The van der Waals surface area contributed by atoms with Crippen LogP contribution in [-0.2, 0) is 0 Å². The van der Waals surface area contributed by atoms with Crippen LogP contribution in [0.4, 0.5) is 0 Å². The second-order valence-corrected chi connectivity index (χ2v) is 6.51. The Morgan fingerprint density at radius 1 is 1.27 bits per heavy atom. The van der Waals surface area contributed by atoms with Crippen molar-refractivity contribution >= 4 is 0 Å². The van der Waals surface area contributed by atoms with E-state index in [4.69, 9.17) is 0 Å². The molecule has 1 unspecified atom stereocenters. The molecule has 1 aliphatic rings. The topological polar surface area (TPSA) is 12.0 Å². The van der Waals surface area contributed by atoms with E-state index in [0.29, 0.717) is 5.41 Å². The minimum absolute atomic E-state index is 0.272. The Morgan fingerprint density at radius 3 is 2.20 bits per heavy atom. The molecule has 1 saturated carbocycles. The van der Waals surface area contributed by atoms with E-state index in [2.05, 4.69) is 39.9 Å². The fraction of sp³-hybridized carbons (Fsp3) is 1.00. The Balaban J connectivity index is 2.46. The van der Waals surface area contributed by atoms with E-state index in [9.17, 15) is 0 Å². The van der Waals surface area contributed by atoms with Gasteiger partial charge in [0.05, 0.1) is 0 Å². The highest BCUT2D eigenvalue weighted by molar-refractivity contribution is 4.94. The molecule has 0 aromatic heterocycles. The molecule has 1 nitrogen and oxygen atoms in total. The Hall–Kier alpha value is -0.0400. The van der Waals surface area contributed by atoms with Gasteiger partial charge in [0.1, 0.15) is 0 Å². The molecule has 90 valence electrons. The van der Waals surface area contributed by atoms with Gasteiger partial charge in [0.15, 0.2) is 0 Å². The summed E-state index contributed by atoms with van der Waals surface area (Å²) < 4.78 is 0. The molecule has 15 heavy (non-hydrogen) atoms. The summed E-state index contributed by atoms with van der Waals surface area (Å²) >= 11 is 0. The van der Waals surface area contributed by atoms with Gasteiger partial charge in [0.2, 0.25) is 0 Å². The third-order valence-electron chi connectivity index (χ3n) is 4.09. The minimum Gasteiger partial charge on any atom is -0.312 e. The summed E-state index contributed by atoms with van der Waals surface area (Å²) in [7, 11) is 0. The number of rotatable bonds is 5. The molecule has 1 atom stereocenters. The molecule has 1 rings (SSSR count). The molecule has 1 N–H and O–H groups in total. The normalized spacial score (nSPS) is 22.2. The van der Waals surface area contributed by atoms with E-state index < -0.39 is 0 Å². The summed E-state index contributed by atoms with van der Waals surface area (Å²) in [5, 5.41) is 3.70. The molecule has 1 heteroatoms. The lowest BCUT2D eigenvalue weighted by Gasteiger charge is -2.48. The highest BCUT2D eigenvalue weighted by atomic mass is 15.0. The van der Waals surface area contributed by atoms with E-state index in [1.165, 1.54) is 38.6 Å². The average Bonchev–Trinajstić information content (AvgIpc) is 2.00. The quantitative estimate of drug-likeness (QED) is 0.725. The molecule has 0 spiro atoms. The lowest BCUT2D eigenvalue weighted by atomic mass is 9.60. The van der Waals surface area contributed by atoms with Crippen molar-refractivity contribution in [1.29, 1.82) is 0 Å². The van der Waals surface area contributed by atoms with Gasteiger partial charge in [-0.05, 0) is 44.9 Å². The zero-order valence-electron chi connectivity index (χ0n) is 11.3. The van der Waals surface area contributed by atoms with Crippen molar-refractivity contribution in [3.05, 3.63) is 0 Å². The first kappa shape index (κ1) is 13.0. The van der Waals surface area contributed by atoms with Crippen molar-refractivity contribution in [2.75, 3.05) is 6.54 Å². The van der Waals surface area contributed by atoms with Crippen LogP contribution in [-0.4, -0.2) is 12.1 Å². The zero-order valence-corrected chi connectivity index (χ0v) is 11.3. The van der Waals surface area contributed by atoms with Gasteiger partial charge in [-0.3, -0.25) is 0 Å². The van der Waals surface area contributed by atoms with Crippen LogP contribution in [0.3, 0.4) is 0 Å². The molecule has 0 aliphatic heterocycles. The molecular formula is C14H29N. The minimum atomic E-state index is 0.272. The van der Waals surface area contributed by atoms with Gasteiger partial charge in [-0.15, -0.1) is 0 Å². The highest BCUT2D eigenvalue weighted by Crippen LogP contribution is 2.48. The molecule has 0 radical (unpaired) electrons. The first-order chi connectivity index (χ1) is 6.90. The van der Waals surface area contributed by atoms with Crippen LogP contribution < -0.4 is 5.32 Å². The highest BCUT2D eigenvalue weighted by Gasteiger charge is 2.41. The van der Waals surface area contributed by atoms with Crippen LogP contribution in [0.25, 0.3) is 0 Å². The third-order valence-corrected chi connectivity index (χ3v) is 4.09. The van der Waals surface area contributed by atoms with Gasteiger partial charge >= 0.3 is 0 Å². The van der Waals surface area contributed by atoms with Crippen molar-refractivity contribution < 1.29 is 0 Å². The monoisotopic (exact) mass is 211 g/mol. The van der Waals surface area contributed by atoms with Crippen molar-refractivity contribution in [1.82, 2.24) is 5.32 Å². The lowest BCUT2D eigenvalue weighted by Crippen LogP contribution is -2.49. The van der Waals surface area contributed by atoms with Crippen LogP contribution in [0.5, 0.6) is 0 Å². The molecule has 0 amide bonds. The van der Waals surface area contributed by atoms with Gasteiger partial charge in [0.25, 0.3) is 0 Å². The van der Waals surface area contributed by atoms with Crippen LogP contribution >= 0.6 is 0 Å². The maximum atomic E-state index is 3.70. The molecule has 1 fully saturated rings. The number of nitrogens with one attached hydrogen (secondary N) is 1. The Morgan fingerprint density at radius 2 is 1.87 bits per heavy atom. The SMILES string of the molecule is CCCC(C)C1(CNC(C)(C)C)CCC1. The summed E-state index contributed by atoms with van der Waals surface area (Å²) in [6.07, 6.45) is 7.05. The van der Waals surface area contributed by atoms with E-state index in [0.717, 1.165) is 5.92 Å². The average molecular weight is 211 g/mol. The Kier molecular flexibility index (Phi) is 4.22. The lowest BCUT2D eigenvalue weighted by molar-refractivity contribution is 0.0455. The largest absolute Gasteiger partial charge is 0.312 e. The predicted molar refractivity (Wildman–Crippen MR) is 68.1 cm³/mol. The molecule has 0 bridgehead atoms. The van der Waals surface area contributed by atoms with Gasteiger partial charge in [-0.25, -0.2) is 0 Å². The molecule has 0 heterocycles. The summed E-state index contributed by atoms with van der Waals surface area (Å²) in [4.78, 5) is 0. The van der Waals surface area contributed by atoms with E-state index in [1.807, 2.05) is 0 Å². The predicted octanol–water partition coefficient (Wildman–Crippen LogP) is 3.98. The van der Waals surface area contributed by atoms with E-state index in [-0.39, 0.29) is 5.54 Å². The molecule has 0 aromatic rings. The van der Waals surface area contributed by atoms with Gasteiger partial charge < -0.3 is 5.32 Å². The second-order valence-electron chi connectivity index (χ2n) is 6.51. The summed E-state index contributed by atoms with van der Waals surface area (Å²) in [6.45, 7) is 12.8. The smallest absolute Gasteiger partial charge is 0.00967 e. The number of hydrogen-bond acceptors (Lipinski definition) is 1. The van der Waals surface area contributed by atoms with E-state index in [1.54, 1.807) is 0 Å². The fourth-order valence-corrected chi connectivity index (χ4v) is 2.66. The Labute approximate surface area is 96.0 Å². The van der Waals surface area contributed by atoms with E-state index >= 15 is 0 Å². The van der Waals surface area contributed by atoms with Crippen molar-refractivity contribution in [3.63, 3.8) is 0 Å². The van der Waals surface area contributed by atoms with Crippen LogP contribution in [0.15, 0.2) is 0 Å². The van der Waals surface area contributed by atoms with Crippen LogP contribution in [0, 0.1) is 11.3 Å². The van der Waals surface area contributed by atoms with Crippen molar-refractivity contribution in [2.45, 2.75) is 72.3 Å². The van der Waals surface area contributed by atoms with Crippen LogP contribution in [0.1, 0.15) is 66.7 Å². The van der Waals surface area contributed by atoms with Crippen molar-refractivity contribution in [3.8, 4) is 0 Å². The summed E-state index contributed by atoms with van der Waals surface area (Å²) in [5.41, 5.74) is 0.901. The number of hydrogen-bond donors (Lipinski definition) is 1. The molecule has 0 saturated heterocycles. The summed E-state index contributed by atoms with van der Waals surface area (Å²) in [5.74, 6) is 0.895. The second kappa shape index (κ2) is 4.86. The first-order valence-electron chi connectivity index (χ1n) is 6.65. The molecule has 1 aliphatic carbocycles. The molecule has 0 aromatic carbocycles. The zero-order chi connectivity index (χ0) is 11.5. The first-order valence-corrected chi connectivity index (χ1v) is 6.65. The standard InChI is InChI=1S/C14H29N/c1-6-8-12(2)14(9-7-10-14)11-15-13(3,4)5/h12,15H,6-11H2,1-5H3. The Bertz CT molecular complexity index is 186. The molecular weight excluding hydrogens is 182 g/mol.